The summed E-state index contributed by atoms with van der Waals surface area (Å²) in [6.45, 7) is 2.94. The molecule has 0 aromatic heterocycles. The van der Waals surface area contributed by atoms with Crippen molar-refractivity contribution in [3.05, 3.63) is 48.0 Å². The largest absolute Gasteiger partial charge is 0.496 e. The Morgan fingerprint density at radius 2 is 1.70 bits per heavy atom. The first-order valence-electron chi connectivity index (χ1n) is 8.60. The number of aromatic carboxylic acids is 1. The van der Waals surface area contributed by atoms with Crippen LogP contribution in [0.4, 0.5) is 5.69 Å². The lowest BCUT2D eigenvalue weighted by molar-refractivity contribution is -0.116. The van der Waals surface area contributed by atoms with Crippen LogP contribution < -0.4 is 19.5 Å². The molecule has 0 bridgehead atoms. The number of carboxylic acids is 1. The van der Waals surface area contributed by atoms with Crippen molar-refractivity contribution >= 4 is 17.6 Å². The first-order chi connectivity index (χ1) is 13.0. The van der Waals surface area contributed by atoms with Gasteiger partial charge in [0.05, 0.1) is 20.3 Å². The van der Waals surface area contributed by atoms with Crippen LogP contribution in [0.2, 0.25) is 0 Å². The van der Waals surface area contributed by atoms with Gasteiger partial charge in [0.15, 0.2) is 0 Å². The molecule has 2 aromatic rings. The Hall–Kier alpha value is -3.22. The number of amides is 1. The maximum atomic E-state index is 12.0. The van der Waals surface area contributed by atoms with Crippen molar-refractivity contribution in [1.29, 1.82) is 0 Å². The minimum Gasteiger partial charge on any atom is -0.496 e. The Morgan fingerprint density at radius 1 is 1.04 bits per heavy atom. The van der Waals surface area contributed by atoms with Gasteiger partial charge in [-0.25, -0.2) is 4.79 Å². The first-order valence-corrected chi connectivity index (χ1v) is 8.60. The van der Waals surface area contributed by atoms with E-state index in [1.807, 2.05) is 31.2 Å². The van der Waals surface area contributed by atoms with Gasteiger partial charge >= 0.3 is 5.97 Å². The SMILES string of the molecule is CCOc1ccc(OCCCC(=O)Nc2ccc(C(=O)O)c(OC)c2)cc1. The standard InChI is InChI=1S/C20H23NO6/c1-3-26-15-7-9-16(10-8-15)27-12-4-5-19(22)21-14-6-11-17(20(23)24)18(13-14)25-2/h6-11,13H,3-5,12H2,1-2H3,(H,21,22)(H,23,24). The smallest absolute Gasteiger partial charge is 0.339 e. The molecule has 2 aromatic carbocycles. The third kappa shape index (κ3) is 6.22. The van der Waals surface area contributed by atoms with E-state index in [0.29, 0.717) is 31.1 Å². The number of benzene rings is 2. The van der Waals surface area contributed by atoms with Gasteiger partial charge in [-0.3, -0.25) is 4.79 Å². The molecule has 27 heavy (non-hydrogen) atoms. The molecule has 7 heteroatoms. The first kappa shape index (κ1) is 20.1. The van der Waals surface area contributed by atoms with E-state index in [-0.39, 0.29) is 23.6 Å². The lowest BCUT2D eigenvalue weighted by atomic mass is 10.1. The van der Waals surface area contributed by atoms with Gasteiger partial charge < -0.3 is 24.6 Å². The Labute approximate surface area is 157 Å². The Bertz CT molecular complexity index is 773. The molecule has 0 atom stereocenters. The van der Waals surface area contributed by atoms with Gasteiger partial charge in [-0.05, 0) is 49.7 Å². The number of carbonyl (C=O) groups excluding carboxylic acids is 1. The average Bonchev–Trinajstić information content (AvgIpc) is 2.66. The van der Waals surface area contributed by atoms with Crippen LogP contribution in [0.15, 0.2) is 42.5 Å². The number of ether oxygens (including phenoxy) is 3. The zero-order valence-electron chi connectivity index (χ0n) is 15.4. The summed E-state index contributed by atoms with van der Waals surface area (Å²) < 4.78 is 16.0. The van der Waals surface area contributed by atoms with E-state index in [9.17, 15) is 9.59 Å². The maximum absolute atomic E-state index is 12.0. The fourth-order valence-electron chi connectivity index (χ4n) is 2.39. The second kappa shape index (κ2) is 10.1. The van der Waals surface area contributed by atoms with Crippen molar-refractivity contribution in [3.8, 4) is 17.2 Å². The normalized spacial score (nSPS) is 10.1. The zero-order valence-corrected chi connectivity index (χ0v) is 15.4. The molecule has 2 rings (SSSR count). The number of carboxylic acid groups (broad SMARTS) is 1. The molecule has 0 aliphatic heterocycles. The minimum atomic E-state index is -1.09. The number of methoxy groups -OCH3 is 1. The van der Waals surface area contributed by atoms with Crippen LogP contribution in [-0.2, 0) is 4.79 Å². The summed E-state index contributed by atoms with van der Waals surface area (Å²) >= 11 is 0. The van der Waals surface area contributed by atoms with Crippen molar-refractivity contribution < 1.29 is 28.9 Å². The molecule has 0 radical (unpaired) electrons. The Kier molecular flexibility index (Phi) is 7.49. The summed E-state index contributed by atoms with van der Waals surface area (Å²) in [5.41, 5.74) is 0.522. The summed E-state index contributed by atoms with van der Waals surface area (Å²) in [6.07, 6.45) is 0.823. The summed E-state index contributed by atoms with van der Waals surface area (Å²) in [5.74, 6) is 0.423. The van der Waals surface area contributed by atoms with Crippen LogP contribution >= 0.6 is 0 Å². The molecule has 0 aliphatic rings. The molecular formula is C20H23NO6. The van der Waals surface area contributed by atoms with Gasteiger partial charge in [0.2, 0.25) is 5.91 Å². The van der Waals surface area contributed by atoms with Crippen molar-refractivity contribution in [1.82, 2.24) is 0 Å². The van der Waals surface area contributed by atoms with E-state index in [1.165, 1.54) is 25.3 Å². The molecule has 0 saturated heterocycles. The van der Waals surface area contributed by atoms with Crippen molar-refractivity contribution in [2.75, 3.05) is 25.6 Å². The topological polar surface area (TPSA) is 94.1 Å². The monoisotopic (exact) mass is 373 g/mol. The van der Waals surface area contributed by atoms with Gasteiger partial charge in [0, 0.05) is 18.2 Å². The Morgan fingerprint density at radius 3 is 2.30 bits per heavy atom. The molecule has 0 aliphatic carbocycles. The van der Waals surface area contributed by atoms with Crippen molar-refractivity contribution in [2.24, 2.45) is 0 Å². The molecule has 0 spiro atoms. The van der Waals surface area contributed by atoms with Crippen molar-refractivity contribution in [2.45, 2.75) is 19.8 Å². The molecule has 0 saturated carbocycles. The lowest BCUT2D eigenvalue weighted by Crippen LogP contribution is -2.13. The summed E-state index contributed by atoms with van der Waals surface area (Å²) in [4.78, 5) is 23.1. The van der Waals surface area contributed by atoms with Crippen LogP contribution in [-0.4, -0.2) is 37.3 Å². The highest BCUT2D eigenvalue weighted by Crippen LogP contribution is 2.23. The third-order valence-corrected chi connectivity index (χ3v) is 3.67. The minimum absolute atomic E-state index is 0.0410. The van der Waals surface area contributed by atoms with Gasteiger partial charge in [-0.2, -0.15) is 0 Å². The molecule has 144 valence electrons. The molecule has 0 unspecified atom stereocenters. The fraction of sp³-hybridized carbons (Fsp3) is 0.300. The summed E-state index contributed by atoms with van der Waals surface area (Å²) in [7, 11) is 1.38. The predicted molar refractivity (Wildman–Crippen MR) is 101 cm³/mol. The van der Waals surface area contributed by atoms with Gasteiger partial charge in [-0.1, -0.05) is 0 Å². The quantitative estimate of drug-likeness (QED) is 0.618. The highest BCUT2D eigenvalue weighted by molar-refractivity contribution is 5.94. The Balaban J connectivity index is 1.77. The van der Waals surface area contributed by atoms with E-state index >= 15 is 0 Å². The molecule has 2 N–H and O–H groups in total. The summed E-state index contributed by atoms with van der Waals surface area (Å²) in [6, 6.07) is 11.7. The summed E-state index contributed by atoms with van der Waals surface area (Å²) in [5, 5.41) is 11.8. The van der Waals surface area contributed by atoms with Crippen LogP contribution in [0.1, 0.15) is 30.1 Å². The van der Waals surface area contributed by atoms with Crippen LogP contribution in [0, 0.1) is 0 Å². The molecule has 0 fully saturated rings. The highest BCUT2D eigenvalue weighted by Gasteiger charge is 2.12. The second-order valence-corrected chi connectivity index (χ2v) is 5.62. The van der Waals surface area contributed by atoms with E-state index in [1.54, 1.807) is 0 Å². The van der Waals surface area contributed by atoms with Crippen LogP contribution in [0.25, 0.3) is 0 Å². The number of anilines is 1. The fourth-order valence-corrected chi connectivity index (χ4v) is 2.39. The van der Waals surface area contributed by atoms with Gasteiger partial charge in [0.25, 0.3) is 0 Å². The van der Waals surface area contributed by atoms with E-state index in [4.69, 9.17) is 19.3 Å². The van der Waals surface area contributed by atoms with E-state index < -0.39 is 5.97 Å². The molecule has 1 amide bonds. The van der Waals surface area contributed by atoms with E-state index in [0.717, 1.165) is 5.75 Å². The van der Waals surface area contributed by atoms with Gasteiger partial charge in [-0.15, -0.1) is 0 Å². The second-order valence-electron chi connectivity index (χ2n) is 5.62. The third-order valence-electron chi connectivity index (χ3n) is 3.67. The van der Waals surface area contributed by atoms with E-state index in [2.05, 4.69) is 5.32 Å². The zero-order chi connectivity index (χ0) is 19.6. The molecule has 0 heterocycles. The number of hydrogen-bond donors (Lipinski definition) is 2. The lowest BCUT2D eigenvalue weighted by Gasteiger charge is -2.10. The predicted octanol–water partition coefficient (Wildman–Crippen LogP) is 3.59. The van der Waals surface area contributed by atoms with Gasteiger partial charge in [0.1, 0.15) is 22.8 Å². The number of rotatable bonds is 10. The number of carbonyl (C=O) groups is 2. The van der Waals surface area contributed by atoms with Crippen LogP contribution in [0.3, 0.4) is 0 Å². The highest BCUT2D eigenvalue weighted by atomic mass is 16.5. The maximum Gasteiger partial charge on any atom is 0.339 e. The molecule has 7 nitrogen and oxygen atoms in total. The van der Waals surface area contributed by atoms with Crippen LogP contribution in [0.5, 0.6) is 17.2 Å². The van der Waals surface area contributed by atoms with Crippen molar-refractivity contribution in [3.63, 3.8) is 0 Å². The number of hydrogen-bond acceptors (Lipinski definition) is 5. The molecular weight excluding hydrogens is 350 g/mol. The number of nitrogens with one attached hydrogen (secondary N) is 1. The average molecular weight is 373 g/mol.